The smallest absolute Gasteiger partial charge is 0.243 e. The molecule has 168 valence electrons. The Morgan fingerprint density at radius 3 is 2.62 bits per heavy atom. The van der Waals surface area contributed by atoms with Crippen molar-refractivity contribution in [3.8, 4) is 0 Å². The summed E-state index contributed by atoms with van der Waals surface area (Å²) < 4.78 is 28.2. The van der Waals surface area contributed by atoms with Crippen LogP contribution in [-0.4, -0.2) is 54.7 Å². The zero-order chi connectivity index (χ0) is 22.5. The third-order valence-corrected chi connectivity index (χ3v) is 8.80. The van der Waals surface area contributed by atoms with Crippen LogP contribution in [0.25, 0.3) is 10.9 Å². The Balaban J connectivity index is 1.39. The number of H-pyrrole nitrogens is 1. The summed E-state index contributed by atoms with van der Waals surface area (Å²) in [6, 6.07) is 14.9. The zero-order valence-corrected chi connectivity index (χ0v) is 19.2. The zero-order valence-electron chi connectivity index (χ0n) is 18.3. The Bertz CT molecular complexity index is 1270. The number of nitrogens with zero attached hydrogens (tertiary/aromatic N) is 2. The van der Waals surface area contributed by atoms with Crippen LogP contribution < -0.4 is 5.32 Å². The predicted molar refractivity (Wildman–Crippen MR) is 125 cm³/mol. The van der Waals surface area contributed by atoms with Crippen molar-refractivity contribution in [1.82, 2.24) is 14.2 Å². The quantitative estimate of drug-likeness (QED) is 0.634. The molecular weight excluding hydrogens is 424 g/mol. The molecule has 2 aromatic carbocycles. The van der Waals surface area contributed by atoms with Gasteiger partial charge in [-0.15, -0.1) is 0 Å². The van der Waals surface area contributed by atoms with Crippen molar-refractivity contribution < 1.29 is 13.2 Å². The maximum Gasteiger partial charge on any atom is 0.243 e. The van der Waals surface area contributed by atoms with Crippen LogP contribution in [0.5, 0.6) is 0 Å². The highest BCUT2D eigenvalue weighted by Gasteiger charge is 2.39. The van der Waals surface area contributed by atoms with E-state index in [2.05, 4.69) is 33.4 Å². The molecule has 0 radical (unpaired) electrons. The fraction of sp³-hybridized carbons (Fsp3) is 0.375. The maximum atomic E-state index is 13.3. The molecule has 1 aromatic heterocycles. The molecule has 0 spiro atoms. The molecule has 0 bridgehead atoms. The third-order valence-electron chi connectivity index (χ3n) is 6.88. The summed E-state index contributed by atoms with van der Waals surface area (Å²) in [5.41, 5.74) is 4.36. The van der Waals surface area contributed by atoms with Crippen molar-refractivity contribution in [3.05, 3.63) is 59.8 Å². The maximum absolute atomic E-state index is 13.3. The second-order valence-electron chi connectivity index (χ2n) is 8.77. The molecule has 7 nitrogen and oxygen atoms in total. The number of anilines is 1. The summed E-state index contributed by atoms with van der Waals surface area (Å²) in [5.74, 6) is -0.187. The highest BCUT2D eigenvalue weighted by atomic mass is 32.2. The summed E-state index contributed by atoms with van der Waals surface area (Å²) in [7, 11) is -1.94. The molecule has 8 heteroatoms. The van der Waals surface area contributed by atoms with Crippen LogP contribution in [-0.2, 0) is 21.2 Å². The van der Waals surface area contributed by atoms with Gasteiger partial charge in [0.25, 0.3) is 0 Å². The summed E-state index contributed by atoms with van der Waals surface area (Å²) in [6.07, 6.45) is 2.60. The van der Waals surface area contributed by atoms with E-state index in [1.807, 2.05) is 6.07 Å². The number of carbonyl (C=O) groups is 1. The number of benzene rings is 2. The number of fused-ring (bicyclic) bond motifs is 5. The largest absolute Gasteiger partial charge is 0.357 e. The number of aromatic nitrogens is 1. The van der Waals surface area contributed by atoms with E-state index >= 15 is 0 Å². The topological polar surface area (TPSA) is 85.5 Å². The van der Waals surface area contributed by atoms with Gasteiger partial charge in [-0.05, 0) is 55.2 Å². The summed E-state index contributed by atoms with van der Waals surface area (Å²) in [5, 5.41) is 3.95. The monoisotopic (exact) mass is 452 g/mol. The van der Waals surface area contributed by atoms with Crippen LogP contribution in [0.15, 0.2) is 53.4 Å². The van der Waals surface area contributed by atoms with Gasteiger partial charge in [0.05, 0.1) is 10.9 Å². The van der Waals surface area contributed by atoms with Crippen molar-refractivity contribution in [2.45, 2.75) is 43.2 Å². The molecule has 0 aliphatic carbocycles. The van der Waals surface area contributed by atoms with E-state index in [1.54, 1.807) is 31.3 Å². The first kappa shape index (κ1) is 21.2. The van der Waals surface area contributed by atoms with Crippen molar-refractivity contribution in [2.75, 3.05) is 25.5 Å². The molecular formula is C24H28N4O3S. The van der Waals surface area contributed by atoms with Crippen LogP contribution in [0.3, 0.4) is 0 Å². The lowest BCUT2D eigenvalue weighted by Crippen LogP contribution is -2.48. The van der Waals surface area contributed by atoms with Gasteiger partial charge in [0.15, 0.2) is 0 Å². The second kappa shape index (κ2) is 8.03. The van der Waals surface area contributed by atoms with Gasteiger partial charge in [-0.1, -0.05) is 18.2 Å². The fourth-order valence-electron chi connectivity index (χ4n) is 5.20. The van der Waals surface area contributed by atoms with Crippen LogP contribution in [0, 0.1) is 0 Å². The molecule has 1 saturated heterocycles. The van der Waals surface area contributed by atoms with Crippen LogP contribution >= 0.6 is 0 Å². The lowest BCUT2D eigenvalue weighted by molar-refractivity contribution is -0.114. The molecule has 2 aliphatic rings. The number of rotatable bonds is 4. The van der Waals surface area contributed by atoms with E-state index in [4.69, 9.17) is 0 Å². The van der Waals surface area contributed by atoms with Gasteiger partial charge in [-0.2, -0.15) is 4.31 Å². The molecule has 3 aromatic rings. The molecule has 1 fully saturated rings. The average Bonchev–Trinajstić information content (AvgIpc) is 3.17. The van der Waals surface area contributed by atoms with Gasteiger partial charge < -0.3 is 10.3 Å². The number of hydrogen-bond donors (Lipinski definition) is 2. The average molecular weight is 453 g/mol. The number of amides is 1. The van der Waals surface area contributed by atoms with E-state index in [0.29, 0.717) is 5.69 Å². The van der Waals surface area contributed by atoms with Crippen molar-refractivity contribution in [2.24, 2.45) is 0 Å². The highest BCUT2D eigenvalue weighted by molar-refractivity contribution is 7.89. The minimum atomic E-state index is -3.63. The highest BCUT2D eigenvalue weighted by Crippen LogP contribution is 2.41. The van der Waals surface area contributed by atoms with E-state index in [0.717, 1.165) is 37.9 Å². The normalized spacial score (nSPS) is 21.3. The van der Waals surface area contributed by atoms with Gasteiger partial charge in [-0.25, -0.2) is 8.42 Å². The van der Waals surface area contributed by atoms with Gasteiger partial charge in [0.2, 0.25) is 15.9 Å². The standard InChI is InChI=1S/C24H28N4O3S/c1-16(29)25-17-7-9-19(10-8-17)32(30,31)27(2)18-11-13-28-14-12-21-20-5-3-4-6-22(20)26-24(21)23(28)15-18/h3-10,18,23,26H,11-15H2,1-2H3,(H,25,29). The summed E-state index contributed by atoms with van der Waals surface area (Å²) >= 11 is 0. The van der Waals surface area contributed by atoms with Crippen molar-refractivity contribution in [3.63, 3.8) is 0 Å². The van der Waals surface area contributed by atoms with E-state index in [1.165, 1.54) is 27.9 Å². The molecule has 2 unspecified atom stereocenters. The van der Waals surface area contributed by atoms with Crippen LogP contribution in [0.2, 0.25) is 0 Å². The lowest BCUT2D eigenvalue weighted by Gasteiger charge is -2.44. The van der Waals surface area contributed by atoms with E-state index < -0.39 is 10.0 Å². The lowest BCUT2D eigenvalue weighted by atomic mass is 9.88. The van der Waals surface area contributed by atoms with Crippen LogP contribution in [0.4, 0.5) is 5.69 Å². The Hall–Kier alpha value is -2.68. The first-order chi connectivity index (χ1) is 15.3. The number of nitrogens with one attached hydrogen (secondary N) is 2. The Morgan fingerprint density at radius 2 is 1.88 bits per heavy atom. The number of carbonyl (C=O) groups excluding carboxylic acids is 1. The molecule has 0 saturated carbocycles. The molecule has 5 rings (SSSR count). The fourth-order valence-corrected chi connectivity index (χ4v) is 6.60. The Labute approximate surface area is 188 Å². The van der Waals surface area contributed by atoms with Gasteiger partial charge in [-0.3, -0.25) is 9.69 Å². The first-order valence-electron chi connectivity index (χ1n) is 11.0. The first-order valence-corrected chi connectivity index (χ1v) is 12.5. The van der Waals surface area contributed by atoms with Crippen molar-refractivity contribution in [1.29, 1.82) is 0 Å². The minimum absolute atomic E-state index is 0.0753. The van der Waals surface area contributed by atoms with Gasteiger partial charge in [0.1, 0.15) is 0 Å². The minimum Gasteiger partial charge on any atom is -0.357 e. The number of para-hydroxylation sites is 1. The number of piperidine rings is 1. The Morgan fingerprint density at radius 1 is 1.12 bits per heavy atom. The third kappa shape index (κ3) is 3.62. The predicted octanol–water partition coefficient (Wildman–Crippen LogP) is 3.51. The van der Waals surface area contributed by atoms with Crippen molar-refractivity contribution >= 4 is 32.5 Å². The summed E-state index contributed by atoms with van der Waals surface area (Å²) in [6.45, 7) is 3.31. The number of hydrogen-bond acceptors (Lipinski definition) is 4. The molecule has 1 amide bonds. The van der Waals surface area contributed by atoms with Gasteiger partial charge >= 0.3 is 0 Å². The SMILES string of the molecule is CC(=O)Nc1ccc(S(=O)(=O)N(C)C2CCN3CCc4c([nH]c5ccccc45)C3C2)cc1. The number of sulfonamides is 1. The molecule has 32 heavy (non-hydrogen) atoms. The number of aromatic amines is 1. The van der Waals surface area contributed by atoms with E-state index in [9.17, 15) is 13.2 Å². The Kier molecular flexibility index (Phi) is 5.31. The molecule has 3 heterocycles. The van der Waals surface area contributed by atoms with Gasteiger partial charge in [0, 0.05) is 55.4 Å². The molecule has 2 atom stereocenters. The second-order valence-corrected chi connectivity index (χ2v) is 10.8. The van der Waals surface area contributed by atoms with E-state index in [-0.39, 0.29) is 22.9 Å². The summed E-state index contributed by atoms with van der Waals surface area (Å²) in [4.78, 5) is 17.6. The molecule has 2 N–H and O–H groups in total. The molecule has 2 aliphatic heterocycles. The van der Waals surface area contributed by atoms with Crippen LogP contribution in [0.1, 0.15) is 37.1 Å².